The molecule has 0 spiro atoms. The van der Waals surface area contributed by atoms with Gasteiger partial charge in [-0.1, -0.05) is 32.5 Å². The number of hydroxylamine groups is 4. The number of carbonyl (C=O) groups excluding carboxylic acids is 7. The van der Waals surface area contributed by atoms with E-state index in [1.165, 1.54) is 62.8 Å². The number of methoxy groups -OCH3 is 2. The Kier molecular flexibility index (Phi) is 31.6. The minimum Gasteiger partial charge on any atom is -0.385 e. The first kappa shape index (κ1) is 69.6. The number of nitrogens with zero attached hydrogens (tertiary/aromatic N) is 8. The molecule has 0 aliphatic carbocycles. The Balaban J connectivity index is 1.31. The number of amides is 6. The van der Waals surface area contributed by atoms with Gasteiger partial charge < -0.3 is 48.5 Å². The molecule has 2 aliphatic heterocycles. The van der Waals surface area contributed by atoms with E-state index in [1.54, 1.807) is 0 Å². The first-order valence-electron chi connectivity index (χ1n) is 26.8. The fraction of sp³-hybridized carbons (Fsp3) is 0.627. The van der Waals surface area contributed by atoms with Crippen LogP contribution in [0.4, 0.5) is 4.79 Å². The van der Waals surface area contributed by atoms with Crippen LogP contribution in [0.5, 0.6) is 0 Å². The van der Waals surface area contributed by atoms with Crippen LogP contribution in [-0.2, 0) is 86.4 Å². The van der Waals surface area contributed by atoms with Crippen molar-refractivity contribution >= 4 is 61.3 Å². The molecule has 31 nitrogen and oxygen atoms in total. The van der Waals surface area contributed by atoms with Crippen LogP contribution in [-0.4, -0.2) is 213 Å². The van der Waals surface area contributed by atoms with Crippen LogP contribution in [0.15, 0.2) is 68.6 Å². The molecule has 2 heterocycles. The van der Waals surface area contributed by atoms with Crippen molar-refractivity contribution in [3.63, 3.8) is 0 Å². The maximum Gasteiger partial charge on any atom is 0.560 e. The van der Waals surface area contributed by atoms with Gasteiger partial charge in [0.15, 0.2) is 19.7 Å². The molecule has 2 fully saturated rings. The predicted octanol–water partition coefficient (Wildman–Crippen LogP) is 2.93. The van der Waals surface area contributed by atoms with Crippen molar-refractivity contribution < 1.29 is 98.0 Å². The van der Waals surface area contributed by atoms with Crippen LogP contribution in [0.25, 0.3) is 20.9 Å². The number of benzene rings is 2. The van der Waals surface area contributed by atoms with Gasteiger partial charge in [0.25, 0.3) is 35.4 Å². The van der Waals surface area contributed by atoms with Crippen LogP contribution in [0.1, 0.15) is 59.2 Å². The van der Waals surface area contributed by atoms with Crippen LogP contribution in [0.3, 0.4) is 0 Å². The average Bonchev–Trinajstić information content (AvgIpc) is 3.93. The van der Waals surface area contributed by atoms with Crippen LogP contribution < -0.4 is 10.6 Å². The van der Waals surface area contributed by atoms with Crippen LogP contribution in [0.2, 0.25) is 0 Å². The molecule has 0 aromatic heterocycles. The number of imide groups is 2. The van der Waals surface area contributed by atoms with Crippen molar-refractivity contribution in [1.82, 2.24) is 20.8 Å². The van der Waals surface area contributed by atoms with E-state index in [0.29, 0.717) is 26.4 Å². The van der Waals surface area contributed by atoms with Gasteiger partial charge in [-0.15, -0.1) is 0 Å². The zero-order valence-electron chi connectivity index (χ0n) is 46.8. The summed E-state index contributed by atoms with van der Waals surface area (Å²) >= 11 is 0. The molecule has 0 saturated carbocycles. The highest BCUT2D eigenvalue weighted by atomic mass is 32.2. The Labute approximate surface area is 485 Å². The Morgan fingerprint density at radius 1 is 0.560 bits per heavy atom. The number of rotatable bonds is 44. The number of carbonyl (C=O) groups is 7. The van der Waals surface area contributed by atoms with E-state index in [9.17, 15) is 50.4 Å². The standard InChI is InChI=1S/C51H72N10O21S2/c1-73-17-5-9-39(35-83(69,70)41-11-3-7-37(31-41)47(64)54-13-19-75-23-27-79-29-25-77-21-15-56-58-52)43-33-45(62)60(49(43)66)81-51(68)82-61-46(63)34-44(50(61)67)40(10-6-18-74-2)36-84(71,72)42-12-4-8-38(32-42)48(65)55-14-20-76-24-28-80-30-26-78-22-16-57-59-53/h3-4,7-8,11-12,31-32,39-40,43-44H,5-6,9-10,13-30,33-36H2,1-2H3,(H,54,64)(H,55,65). The van der Waals surface area contributed by atoms with Crippen molar-refractivity contribution in [3.8, 4) is 0 Å². The number of ether oxygens (including phenoxy) is 8. The molecule has 84 heavy (non-hydrogen) atoms. The third-order valence-electron chi connectivity index (χ3n) is 12.7. The zero-order valence-corrected chi connectivity index (χ0v) is 48.4. The van der Waals surface area contributed by atoms with E-state index in [-0.39, 0.29) is 149 Å². The fourth-order valence-corrected chi connectivity index (χ4v) is 12.1. The van der Waals surface area contributed by atoms with Crippen molar-refractivity contribution in [2.75, 3.05) is 144 Å². The Bertz CT molecular complexity index is 2630. The third kappa shape index (κ3) is 24.0. The van der Waals surface area contributed by atoms with Gasteiger partial charge in [-0.05, 0) is 85.0 Å². The maximum absolute atomic E-state index is 14.0. The van der Waals surface area contributed by atoms with Gasteiger partial charge in [-0.3, -0.25) is 38.4 Å². The number of hydrogen-bond donors (Lipinski definition) is 2. The lowest BCUT2D eigenvalue weighted by atomic mass is 9.88. The van der Waals surface area contributed by atoms with Crippen LogP contribution >= 0.6 is 0 Å². The highest BCUT2D eigenvalue weighted by molar-refractivity contribution is 7.91. The van der Waals surface area contributed by atoms with Crippen molar-refractivity contribution in [2.24, 2.45) is 33.9 Å². The first-order chi connectivity index (χ1) is 40.5. The summed E-state index contributed by atoms with van der Waals surface area (Å²) in [6.45, 7) is 3.83. The minimum atomic E-state index is -4.27. The topological polar surface area (TPSA) is 408 Å². The van der Waals surface area contributed by atoms with E-state index in [4.69, 9.17) is 58.6 Å². The van der Waals surface area contributed by atoms with Crippen molar-refractivity contribution in [3.05, 3.63) is 80.5 Å². The molecule has 2 N–H and O–H groups in total. The minimum absolute atomic E-state index is 0.0122. The molecular formula is C51H72N10O21S2. The van der Waals surface area contributed by atoms with Gasteiger partial charge in [0.1, 0.15) is 0 Å². The van der Waals surface area contributed by atoms with E-state index in [2.05, 4.69) is 30.7 Å². The molecule has 4 rings (SSSR count). The Morgan fingerprint density at radius 3 is 1.27 bits per heavy atom. The van der Waals surface area contributed by atoms with E-state index in [0.717, 1.165) is 0 Å². The normalized spacial score (nSPS) is 16.0. The maximum atomic E-state index is 14.0. The lowest BCUT2D eigenvalue weighted by molar-refractivity contribution is -0.199. The average molecular weight is 1230 g/mol. The molecule has 33 heteroatoms. The molecule has 2 aliphatic rings. The molecular weight excluding hydrogens is 1150 g/mol. The third-order valence-corrected chi connectivity index (χ3v) is 16.4. The smallest absolute Gasteiger partial charge is 0.385 e. The highest BCUT2D eigenvalue weighted by Gasteiger charge is 2.49. The summed E-state index contributed by atoms with van der Waals surface area (Å²) in [5.74, 6) is -11.7. The quantitative estimate of drug-likeness (QED) is 0.0316. The highest BCUT2D eigenvalue weighted by Crippen LogP contribution is 2.35. The van der Waals surface area contributed by atoms with Gasteiger partial charge >= 0.3 is 6.16 Å². The largest absolute Gasteiger partial charge is 0.560 e. The number of azide groups is 2. The van der Waals surface area contributed by atoms with Crippen molar-refractivity contribution in [2.45, 2.75) is 48.3 Å². The van der Waals surface area contributed by atoms with Gasteiger partial charge in [-0.2, -0.15) is 4.79 Å². The fourth-order valence-electron chi connectivity index (χ4n) is 8.62. The van der Waals surface area contributed by atoms with Crippen LogP contribution in [0, 0.1) is 23.7 Å². The van der Waals surface area contributed by atoms with E-state index < -0.39 is 109 Å². The molecule has 6 amide bonds. The number of hydrogen-bond acceptors (Lipinski definition) is 23. The summed E-state index contributed by atoms with van der Waals surface area (Å²) < 4.78 is 98.3. The van der Waals surface area contributed by atoms with Gasteiger partial charge in [0, 0.05) is 87.4 Å². The molecule has 2 saturated heterocycles. The SMILES string of the molecule is COCCCC(CS(=O)(=O)c1cccc(C(=O)NCCOCCOCCOCCN=[N+]=[N-])c1)C1CC(=O)N(OC(=O)ON2C(=O)CC(C(CCCOC)CS(=O)(=O)c3cccc(C(=O)NCCOCCOCCOCCN=[N+]=[N-])c3)C2=O)C1=O. The summed E-state index contributed by atoms with van der Waals surface area (Å²) in [6.07, 6.45) is -2.47. The second kappa shape index (κ2) is 38.2. The molecule has 0 radical (unpaired) electrons. The van der Waals surface area contributed by atoms with E-state index in [1.807, 2.05) is 0 Å². The number of sulfone groups is 2. The lowest BCUT2D eigenvalue weighted by Crippen LogP contribution is -2.40. The Morgan fingerprint density at radius 2 is 0.917 bits per heavy atom. The zero-order chi connectivity index (χ0) is 61.2. The predicted molar refractivity (Wildman–Crippen MR) is 291 cm³/mol. The second-order valence-electron chi connectivity index (χ2n) is 18.6. The lowest BCUT2D eigenvalue weighted by Gasteiger charge is -2.23. The molecule has 0 bridgehead atoms. The molecule has 2 aromatic rings. The van der Waals surface area contributed by atoms with Gasteiger partial charge in [0.2, 0.25) is 0 Å². The summed E-state index contributed by atoms with van der Waals surface area (Å²) in [6, 6.07) is 10.4. The monoisotopic (exact) mass is 1220 g/mol. The number of nitrogens with one attached hydrogen (secondary N) is 2. The summed E-state index contributed by atoms with van der Waals surface area (Å²) in [5.41, 5.74) is 16.5. The summed E-state index contributed by atoms with van der Waals surface area (Å²) in [7, 11) is -5.71. The first-order valence-corrected chi connectivity index (χ1v) is 30.1. The molecule has 464 valence electrons. The Hall–Kier alpha value is -6.87. The van der Waals surface area contributed by atoms with Gasteiger partial charge in [0.05, 0.1) is 112 Å². The van der Waals surface area contributed by atoms with Crippen molar-refractivity contribution in [1.29, 1.82) is 0 Å². The molecule has 4 unspecified atom stereocenters. The van der Waals surface area contributed by atoms with Gasteiger partial charge in [-0.25, -0.2) is 16.8 Å². The summed E-state index contributed by atoms with van der Waals surface area (Å²) in [4.78, 5) is 108. The molecule has 4 atom stereocenters. The summed E-state index contributed by atoms with van der Waals surface area (Å²) in [5, 5.41) is 12.1. The molecule has 2 aromatic carbocycles. The second-order valence-corrected chi connectivity index (χ2v) is 22.7. The van der Waals surface area contributed by atoms with E-state index >= 15 is 0 Å².